The van der Waals surface area contributed by atoms with Crippen LogP contribution in [0.1, 0.15) is 15.9 Å². The maximum atomic E-state index is 13.8. The number of carbonyl (C=O) groups excluding carboxylic acids is 1. The molecule has 0 atom stereocenters. The van der Waals surface area contributed by atoms with Gasteiger partial charge in [-0.2, -0.15) is 0 Å². The Kier molecular flexibility index (Phi) is 3.92. The molecule has 0 radical (unpaired) electrons. The highest BCUT2D eigenvalue weighted by Crippen LogP contribution is 2.23. The largest absolute Gasteiger partial charge is 0.465 e. The van der Waals surface area contributed by atoms with E-state index in [-0.39, 0.29) is 5.56 Å². The van der Waals surface area contributed by atoms with Crippen LogP contribution >= 0.6 is 0 Å². The van der Waals surface area contributed by atoms with Crippen molar-refractivity contribution in [2.24, 2.45) is 5.73 Å². The second-order valence-electron chi connectivity index (χ2n) is 4.09. The van der Waals surface area contributed by atoms with Gasteiger partial charge >= 0.3 is 5.97 Å². The van der Waals surface area contributed by atoms with E-state index in [2.05, 4.69) is 4.74 Å². The summed E-state index contributed by atoms with van der Waals surface area (Å²) in [6.07, 6.45) is 0. The first-order chi connectivity index (χ1) is 9.15. The van der Waals surface area contributed by atoms with Crippen LogP contribution in [-0.4, -0.2) is 13.1 Å². The van der Waals surface area contributed by atoms with Crippen molar-refractivity contribution in [1.82, 2.24) is 0 Å². The van der Waals surface area contributed by atoms with Crippen molar-refractivity contribution in [3.8, 4) is 11.1 Å². The zero-order valence-corrected chi connectivity index (χ0v) is 10.5. The van der Waals surface area contributed by atoms with Crippen LogP contribution in [0.5, 0.6) is 0 Å². The Morgan fingerprint density at radius 2 is 1.95 bits per heavy atom. The van der Waals surface area contributed by atoms with E-state index in [1.165, 1.54) is 19.2 Å². The van der Waals surface area contributed by atoms with Crippen molar-refractivity contribution in [2.45, 2.75) is 6.54 Å². The van der Waals surface area contributed by atoms with Crippen molar-refractivity contribution in [1.29, 1.82) is 0 Å². The Hall–Kier alpha value is -2.20. The highest BCUT2D eigenvalue weighted by Gasteiger charge is 2.12. The number of halogens is 1. The van der Waals surface area contributed by atoms with Gasteiger partial charge in [0, 0.05) is 6.54 Å². The molecule has 0 spiro atoms. The number of methoxy groups -OCH3 is 1. The fourth-order valence-electron chi connectivity index (χ4n) is 1.85. The van der Waals surface area contributed by atoms with Gasteiger partial charge in [-0.05, 0) is 34.9 Å². The normalized spacial score (nSPS) is 10.3. The third-order valence-electron chi connectivity index (χ3n) is 2.87. The summed E-state index contributed by atoms with van der Waals surface area (Å²) in [5, 5.41) is 0. The van der Waals surface area contributed by atoms with Gasteiger partial charge in [0.25, 0.3) is 0 Å². The summed E-state index contributed by atoms with van der Waals surface area (Å²) in [4.78, 5) is 11.3. The molecule has 0 aliphatic carbocycles. The summed E-state index contributed by atoms with van der Waals surface area (Å²) in [5.74, 6) is -1.28. The molecular formula is C15H14FNO2. The Bertz CT molecular complexity index is 611. The highest BCUT2D eigenvalue weighted by atomic mass is 19.1. The first-order valence-corrected chi connectivity index (χ1v) is 5.83. The number of hydrogen-bond donors (Lipinski definition) is 1. The van der Waals surface area contributed by atoms with Gasteiger partial charge in [-0.15, -0.1) is 0 Å². The fraction of sp³-hybridized carbons (Fsp3) is 0.133. The Labute approximate surface area is 110 Å². The molecule has 0 saturated heterocycles. The molecule has 0 saturated carbocycles. The Morgan fingerprint density at radius 1 is 1.21 bits per heavy atom. The molecule has 0 heterocycles. The van der Waals surface area contributed by atoms with Crippen molar-refractivity contribution in [3.63, 3.8) is 0 Å². The average molecular weight is 259 g/mol. The molecule has 0 fully saturated rings. The van der Waals surface area contributed by atoms with E-state index in [0.717, 1.165) is 11.1 Å². The second-order valence-corrected chi connectivity index (χ2v) is 4.09. The maximum Gasteiger partial charge on any atom is 0.340 e. The fourth-order valence-corrected chi connectivity index (χ4v) is 1.85. The van der Waals surface area contributed by atoms with Crippen LogP contribution in [0.15, 0.2) is 42.5 Å². The minimum atomic E-state index is -0.681. The number of nitrogens with two attached hydrogens (primary N) is 1. The van der Waals surface area contributed by atoms with Gasteiger partial charge in [0.2, 0.25) is 0 Å². The minimum Gasteiger partial charge on any atom is -0.465 e. The lowest BCUT2D eigenvalue weighted by Gasteiger charge is -2.06. The molecule has 2 aromatic rings. The van der Waals surface area contributed by atoms with Gasteiger partial charge < -0.3 is 10.5 Å². The summed E-state index contributed by atoms with van der Waals surface area (Å²) < 4.78 is 18.3. The molecule has 0 aromatic heterocycles. The van der Waals surface area contributed by atoms with E-state index in [0.29, 0.717) is 12.1 Å². The van der Waals surface area contributed by atoms with Crippen molar-refractivity contribution in [3.05, 3.63) is 59.4 Å². The SMILES string of the molecule is COC(=O)c1ccc(-c2cccc(CN)c2)cc1F. The number of carbonyl (C=O) groups is 1. The standard InChI is InChI=1S/C15H14FNO2/c1-19-15(18)13-6-5-12(8-14(13)16)11-4-2-3-10(7-11)9-17/h2-8H,9,17H2,1H3. The number of benzene rings is 2. The van der Waals surface area contributed by atoms with Gasteiger partial charge in [0.1, 0.15) is 5.82 Å². The molecule has 0 amide bonds. The summed E-state index contributed by atoms with van der Waals surface area (Å²) in [5.41, 5.74) is 8.03. The molecule has 98 valence electrons. The van der Waals surface area contributed by atoms with E-state index in [1.54, 1.807) is 6.07 Å². The molecule has 2 rings (SSSR count). The van der Waals surface area contributed by atoms with E-state index in [1.807, 2.05) is 24.3 Å². The summed E-state index contributed by atoms with van der Waals surface area (Å²) in [6, 6.07) is 12.0. The number of hydrogen-bond acceptors (Lipinski definition) is 3. The Balaban J connectivity index is 2.41. The van der Waals surface area contributed by atoms with Gasteiger partial charge in [0.05, 0.1) is 12.7 Å². The first kappa shape index (κ1) is 13.2. The first-order valence-electron chi connectivity index (χ1n) is 5.83. The number of rotatable bonds is 3. The minimum absolute atomic E-state index is 0.0683. The van der Waals surface area contributed by atoms with Crippen LogP contribution in [0, 0.1) is 5.82 Å². The quantitative estimate of drug-likeness (QED) is 0.862. The zero-order chi connectivity index (χ0) is 13.8. The molecule has 3 nitrogen and oxygen atoms in total. The monoisotopic (exact) mass is 259 g/mol. The average Bonchev–Trinajstić information content (AvgIpc) is 2.46. The lowest BCUT2D eigenvalue weighted by molar-refractivity contribution is 0.0595. The van der Waals surface area contributed by atoms with Gasteiger partial charge in [-0.25, -0.2) is 9.18 Å². The molecule has 2 N–H and O–H groups in total. The summed E-state index contributed by atoms with van der Waals surface area (Å²) in [6.45, 7) is 0.427. The zero-order valence-electron chi connectivity index (χ0n) is 10.5. The van der Waals surface area contributed by atoms with Gasteiger partial charge in [-0.1, -0.05) is 24.3 Å². The van der Waals surface area contributed by atoms with Crippen LogP contribution in [0.4, 0.5) is 4.39 Å². The topological polar surface area (TPSA) is 52.3 Å². The Morgan fingerprint density at radius 3 is 2.58 bits per heavy atom. The third kappa shape index (κ3) is 2.80. The van der Waals surface area contributed by atoms with E-state index in [9.17, 15) is 9.18 Å². The molecule has 0 aliphatic heterocycles. The summed E-state index contributed by atoms with van der Waals surface area (Å²) >= 11 is 0. The molecule has 2 aromatic carbocycles. The van der Waals surface area contributed by atoms with E-state index >= 15 is 0 Å². The molecule has 0 aliphatic rings. The number of ether oxygens (including phenoxy) is 1. The van der Waals surface area contributed by atoms with Gasteiger partial charge in [-0.3, -0.25) is 0 Å². The van der Waals surface area contributed by atoms with Crippen molar-refractivity contribution >= 4 is 5.97 Å². The van der Waals surface area contributed by atoms with Crippen LogP contribution in [-0.2, 0) is 11.3 Å². The molecule has 19 heavy (non-hydrogen) atoms. The third-order valence-corrected chi connectivity index (χ3v) is 2.87. The van der Waals surface area contributed by atoms with Crippen molar-refractivity contribution in [2.75, 3.05) is 7.11 Å². The highest BCUT2D eigenvalue weighted by molar-refractivity contribution is 5.90. The van der Waals surface area contributed by atoms with Crippen LogP contribution in [0.2, 0.25) is 0 Å². The van der Waals surface area contributed by atoms with Crippen LogP contribution < -0.4 is 5.73 Å². The molecule has 0 unspecified atom stereocenters. The van der Waals surface area contributed by atoms with Crippen molar-refractivity contribution < 1.29 is 13.9 Å². The lowest BCUT2D eigenvalue weighted by Crippen LogP contribution is -2.04. The van der Waals surface area contributed by atoms with E-state index in [4.69, 9.17) is 5.73 Å². The molecular weight excluding hydrogens is 245 g/mol. The van der Waals surface area contributed by atoms with Crippen LogP contribution in [0.3, 0.4) is 0 Å². The number of esters is 1. The second kappa shape index (κ2) is 5.63. The molecule has 4 heteroatoms. The summed E-state index contributed by atoms with van der Waals surface area (Å²) in [7, 11) is 1.22. The van der Waals surface area contributed by atoms with Crippen LogP contribution in [0.25, 0.3) is 11.1 Å². The predicted octanol–water partition coefficient (Wildman–Crippen LogP) is 2.74. The van der Waals surface area contributed by atoms with Gasteiger partial charge in [0.15, 0.2) is 0 Å². The smallest absolute Gasteiger partial charge is 0.340 e. The predicted molar refractivity (Wildman–Crippen MR) is 71.1 cm³/mol. The molecule has 0 bridgehead atoms. The van der Waals surface area contributed by atoms with E-state index < -0.39 is 11.8 Å². The maximum absolute atomic E-state index is 13.8. The lowest BCUT2D eigenvalue weighted by atomic mass is 10.0.